The quantitative estimate of drug-likeness (QED) is 0.583. The Labute approximate surface area is 141 Å². The summed E-state index contributed by atoms with van der Waals surface area (Å²) in [6.45, 7) is 2.23. The van der Waals surface area contributed by atoms with Crippen LogP contribution in [0.2, 0.25) is 0 Å². The number of anilines is 1. The van der Waals surface area contributed by atoms with Gasteiger partial charge in [0.15, 0.2) is 5.75 Å². The highest BCUT2D eigenvalue weighted by Crippen LogP contribution is 2.30. The molecule has 0 amide bonds. The molecule has 1 saturated heterocycles. The van der Waals surface area contributed by atoms with Gasteiger partial charge in [0.25, 0.3) is 0 Å². The summed E-state index contributed by atoms with van der Waals surface area (Å²) < 4.78 is 27.5. The Morgan fingerprint density at radius 1 is 1.38 bits per heavy atom. The van der Waals surface area contributed by atoms with E-state index in [-0.39, 0.29) is 23.2 Å². The summed E-state index contributed by atoms with van der Waals surface area (Å²) in [6.07, 6.45) is 3.04. The van der Waals surface area contributed by atoms with E-state index < -0.39 is 14.8 Å². The van der Waals surface area contributed by atoms with Crippen molar-refractivity contribution in [3.8, 4) is 5.75 Å². The third-order valence-corrected chi connectivity index (χ3v) is 5.04. The first-order chi connectivity index (χ1) is 11.3. The number of hydrogen-bond donors (Lipinski definition) is 1. The number of piperidine rings is 1. The van der Waals surface area contributed by atoms with Gasteiger partial charge in [-0.15, -0.1) is 0 Å². The summed E-state index contributed by atoms with van der Waals surface area (Å²) in [5.41, 5.74) is 0.727. The van der Waals surface area contributed by atoms with Crippen molar-refractivity contribution in [2.45, 2.75) is 18.9 Å². The van der Waals surface area contributed by atoms with Gasteiger partial charge >= 0.3 is 5.69 Å². The van der Waals surface area contributed by atoms with Crippen LogP contribution in [0.3, 0.4) is 0 Å². The summed E-state index contributed by atoms with van der Waals surface area (Å²) >= 11 is 0. The normalized spacial score (nSPS) is 16.8. The van der Waals surface area contributed by atoms with Crippen LogP contribution in [0.4, 0.5) is 11.4 Å². The number of nitrogens with zero attached hydrogens (tertiary/aromatic N) is 2. The fraction of sp³-hybridized carbons (Fsp3) is 0.600. The largest absolute Gasteiger partial charge is 0.490 e. The maximum absolute atomic E-state index is 11.2. The lowest BCUT2D eigenvalue weighted by molar-refractivity contribution is -0.385. The zero-order chi connectivity index (χ0) is 17.7. The lowest BCUT2D eigenvalue weighted by Crippen LogP contribution is -2.41. The van der Waals surface area contributed by atoms with Gasteiger partial charge in [-0.05, 0) is 18.9 Å². The Balaban J connectivity index is 1.89. The van der Waals surface area contributed by atoms with Gasteiger partial charge in [0.05, 0.1) is 17.8 Å². The monoisotopic (exact) mass is 357 g/mol. The summed E-state index contributed by atoms with van der Waals surface area (Å²) in [6, 6.07) is 5.00. The Kier molecular flexibility index (Phi) is 6.00. The van der Waals surface area contributed by atoms with Gasteiger partial charge in [-0.25, -0.2) is 8.42 Å². The van der Waals surface area contributed by atoms with Crippen molar-refractivity contribution in [2.75, 3.05) is 44.1 Å². The molecule has 1 aromatic rings. The Hall–Kier alpha value is -1.87. The molecule has 1 aliphatic rings. The molecule has 0 unspecified atom stereocenters. The van der Waals surface area contributed by atoms with Gasteiger partial charge in [-0.2, -0.15) is 0 Å². The average molecular weight is 357 g/mol. The molecule has 8 nitrogen and oxygen atoms in total. The van der Waals surface area contributed by atoms with Crippen LogP contribution in [0.1, 0.15) is 12.8 Å². The zero-order valence-electron chi connectivity index (χ0n) is 13.9. The van der Waals surface area contributed by atoms with Crippen molar-refractivity contribution in [3.63, 3.8) is 0 Å². The molecular formula is C15H23N3O5S. The van der Waals surface area contributed by atoms with Gasteiger partial charge in [0.1, 0.15) is 9.84 Å². The molecule has 134 valence electrons. The van der Waals surface area contributed by atoms with E-state index in [4.69, 9.17) is 4.74 Å². The topological polar surface area (TPSA) is 102 Å². The van der Waals surface area contributed by atoms with Crippen LogP contribution in [-0.2, 0) is 9.84 Å². The summed E-state index contributed by atoms with van der Waals surface area (Å²) in [7, 11) is -1.52. The predicted molar refractivity (Wildman–Crippen MR) is 92.4 cm³/mol. The van der Waals surface area contributed by atoms with Crippen LogP contribution in [-0.4, -0.2) is 63.0 Å². The molecule has 1 N–H and O–H groups in total. The second kappa shape index (κ2) is 7.80. The number of methoxy groups -OCH3 is 1. The maximum Gasteiger partial charge on any atom is 0.311 e. The van der Waals surface area contributed by atoms with E-state index in [1.54, 1.807) is 12.1 Å². The lowest BCUT2D eigenvalue weighted by atomic mass is 10.0. The number of sulfone groups is 1. The van der Waals surface area contributed by atoms with Crippen LogP contribution in [0.15, 0.2) is 18.2 Å². The smallest absolute Gasteiger partial charge is 0.311 e. The molecule has 1 fully saturated rings. The van der Waals surface area contributed by atoms with Gasteiger partial charge in [0, 0.05) is 49.8 Å². The molecule has 0 atom stereocenters. The van der Waals surface area contributed by atoms with Crippen LogP contribution in [0.5, 0.6) is 5.75 Å². The van der Waals surface area contributed by atoms with Crippen LogP contribution < -0.4 is 10.1 Å². The Bertz CT molecular complexity index is 684. The van der Waals surface area contributed by atoms with E-state index >= 15 is 0 Å². The van der Waals surface area contributed by atoms with Crippen molar-refractivity contribution in [3.05, 3.63) is 28.3 Å². The molecule has 0 aliphatic carbocycles. The van der Waals surface area contributed by atoms with Gasteiger partial charge in [-0.3, -0.25) is 10.1 Å². The minimum Gasteiger partial charge on any atom is -0.490 e. The molecule has 0 aromatic heterocycles. The predicted octanol–water partition coefficient (Wildman–Crippen LogP) is 1.52. The minimum atomic E-state index is -2.93. The second-order valence-corrected chi connectivity index (χ2v) is 8.29. The number of nitro groups is 1. The molecule has 0 radical (unpaired) electrons. The van der Waals surface area contributed by atoms with Gasteiger partial charge in [-0.1, -0.05) is 0 Å². The third-order valence-electron chi connectivity index (χ3n) is 4.11. The Morgan fingerprint density at radius 2 is 2.04 bits per heavy atom. The zero-order valence-corrected chi connectivity index (χ0v) is 14.7. The number of nitrogens with one attached hydrogen (secondary N) is 1. The van der Waals surface area contributed by atoms with E-state index in [1.807, 2.05) is 0 Å². The summed E-state index contributed by atoms with van der Waals surface area (Å²) in [5, 5.41) is 14.3. The highest BCUT2D eigenvalue weighted by atomic mass is 32.2. The lowest BCUT2D eigenvalue weighted by Gasteiger charge is -2.32. The molecule has 0 bridgehead atoms. The number of rotatable bonds is 7. The van der Waals surface area contributed by atoms with Crippen molar-refractivity contribution < 1.29 is 18.1 Å². The van der Waals surface area contributed by atoms with E-state index in [0.29, 0.717) is 6.54 Å². The SMILES string of the molecule is COc1cc(NC2CCN(CCS(C)(=O)=O)CC2)ccc1[N+](=O)[O-]. The summed E-state index contributed by atoms with van der Waals surface area (Å²) in [5.74, 6) is 0.417. The van der Waals surface area contributed by atoms with Crippen molar-refractivity contribution in [1.29, 1.82) is 0 Å². The standard InChI is InChI=1S/C15H23N3O5S/c1-23-15-11-13(3-4-14(15)18(19)20)16-12-5-7-17(8-6-12)9-10-24(2,21)22/h3-4,11-12,16H,5-10H2,1-2H3. The second-order valence-electron chi connectivity index (χ2n) is 6.03. The van der Waals surface area contributed by atoms with E-state index in [1.165, 1.54) is 19.4 Å². The van der Waals surface area contributed by atoms with Crippen molar-refractivity contribution in [1.82, 2.24) is 4.90 Å². The summed E-state index contributed by atoms with van der Waals surface area (Å²) in [4.78, 5) is 12.6. The molecule has 0 saturated carbocycles. The highest BCUT2D eigenvalue weighted by Gasteiger charge is 2.21. The van der Waals surface area contributed by atoms with Crippen molar-refractivity contribution in [2.24, 2.45) is 0 Å². The van der Waals surface area contributed by atoms with E-state index in [2.05, 4.69) is 10.2 Å². The molecular weight excluding hydrogens is 334 g/mol. The number of likely N-dealkylation sites (tertiary alicyclic amines) is 1. The number of ether oxygens (including phenoxy) is 1. The Morgan fingerprint density at radius 3 is 2.58 bits per heavy atom. The first-order valence-corrected chi connectivity index (χ1v) is 9.83. The molecule has 1 heterocycles. The van der Waals surface area contributed by atoms with Crippen LogP contribution in [0, 0.1) is 10.1 Å². The number of hydrogen-bond acceptors (Lipinski definition) is 7. The molecule has 9 heteroatoms. The molecule has 24 heavy (non-hydrogen) atoms. The van der Waals surface area contributed by atoms with E-state index in [9.17, 15) is 18.5 Å². The third kappa shape index (κ3) is 5.34. The molecule has 2 rings (SSSR count). The maximum atomic E-state index is 11.2. The average Bonchev–Trinajstić information content (AvgIpc) is 2.53. The fourth-order valence-electron chi connectivity index (χ4n) is 2.75. The molecule has 1 aromatic carbocycles. The van der Waals surface area contributed by atoms with Gasteiger partial charge in [0.2, 0.25) is 0 Å². The van der Waals surface area contributed by atoms with Crippen LogP contribution in [0.25, 0.3) is 0 Å². The van der Waals surface area contributed by atoms with E-state index in [0.717, 1.165) is 31.6 Å². The first-order valence-electron chi connectivity index (χ1n) is 7.77. The first kappa shape index (κ1) is 18.5. The molecule has 1 aliphatic heterocycles. The number of nitro benzene ring substituents is 1. The number of benzene rings is 1. The molecule has 0 spiro atoms. The fourth-order valence-corrected chi connectivity index (χ4v) is 3.34. The van der Waals surface area contributed by atoms with Gasteiger partial charge < -0.3 is 15.0 Å². The van der Waals surface area contributed by atoms with Crippen LogP contribution >= 0.6 is 0 Å². The van der Waals surface area contributed by atoms with Crippen molar-refractivity contribution >= 4 is 21.2 Å². The minimum absolute atomic E-state index is 0.0568. The highest BCUT2D eigenvalue weighted by molar-refractivity contribution is 7.90.